The van der Waals surface area contributed by atoms with Crippen molar-refractivity contribution in [3.63, 3.8) is 0 Å². The minimum Gasteiger partial charge on any atom is -0.455 e. The van der Waals surface area contributed by atoms with E-state index in [-0.39, 0.29) is 17.6 Å². The number of nitrogens with zero attached hydrogens (tertiary/aromatic N) is 3. The average molecular weight is 663 g/mol. The summed E-state index contributed by atoms with van der Waals surface area (Å²) in [5, 5.41) is 3.75. The summed E-state index contributed by atoms with van der Waals surface area (Å²) >= 11 is 1.75. The number of furan rings is 1. The molecule has 10 rings (SSSR count). The van der Waals surface area contributed by atoms with Gasteiger partial charge < -0.3 is 4.42 Å². The molecule has 0 radical (unpaired) electrons. The van der Waals surface area contributed by atoms with Gasteiger partial charge in [0.2, 0.25) is 0 Å². The van der Waals surface area contributed by atoms with Crippen LogP contribution >= 0.6 is 11.3 Å². The topological polar surface area (TPSA) is 51.8 Å². The Morgan fingerprint density at radius 3 is 1.96 bits per heavy atom. The third-order valence-electron chi connectivity index (χ3n) is 9.02. The Hall–Kier alpha value is -6.43. The lowest BCUT2D eigenvalue weighted by Gasteiger charge is -2.10. The van der Waals surface area contributed by atoms with E-state index in [9.17, 15) is 0 Å². The normalized spacial score (nSPS) is 13.0. The van der Waals surface area contributed by atoms with Crippen LogP contribution in [0, 0.1) is 0 Å². The minimum atomic E-state index is -0.452. The van der Waals surface area contributed by atoms with Gasteiger partial charge in [-0.1, -0.05) is 121 Å². The molecule has 234 valence electrons. The van der Waals surface area contributed by atoms with E-state index in [2.05, 4.69) is 42.5 Å². The highest BCUT2D eigenvalue weighted by Crippen LogP contribution is 2.43. The summed E-state index contributed by atoms with van der Waals surface area (Å²) in [5.41, 5.74) is 5.50. The number of fused-ring (bicyclic) bond motifs is 6. The maximum Gasteiger partial charge on any atom is 0.164 e. The molecule has 0 aliphatic heterocycles. The van der Waals surface area contributed by atoms with Gasteiger partial charge in [-0.3, -0.25) is 0 Å². The molecule has 0 saturated carbocycles. The molecule has 0 spiro atoms. The van der Waals surface area contributed by atoms with Gasteiger partial charge in [0.05, 0.1) is 6.85 Å². The molecule has 0 bridgehead atoms. The Kier molecular flexibility index (Phi) is 5.54. The van der Waals surface area contributed by atoms with Crippen molar-refractivity contribution in [1.29, 1.82) is 0 Å². The molecule has 3 heterocycles. The van der Waals surface area contributed by atoms with Gasteiger partial charge in [-0.05, 0) is 59.2 Å². The second kappa shape index (κ2) is 11.6. The molecule has 0 unspecified atom stereocenters. The second-order valence-electron chi connectivity index (χ2n) is 12.0. The summed E-state index contributed by atoms with van der Waals surface area (Å²) in [6, 6.07) is 42.0. The van der Waals surface area contributed by atoms with Crippen LogP contribution in [0.5, 0.6) is 0 Å². The first kappa shape index (κ1) is 23.8. The van der Waals surface area contributed by atoms with Crippen molar-refractivity contribution in [1.82, 2.24) is 15.0 Å². The van der Waals surface area contributed by atoms with Crippen LogP contribution in [-0.2, 0) is 0 Å². The van der Waals surface area contributed by atoms with Crippen molar-refractivity contribution in [2.24, 2.45) is 0 Å². The van der Waals surface area contributed by atoms with Crippen molar-refractivity contribution in [3.05, 3.63) is 164 Å². The first-order valence-electron chi connectivity index (χ1n) is 18.7. The average Bonchev–Trinajstić information content (AvgIpc) is 3.81. The van der Waals surface area contributed by atoms with Crippen molar-refractivity contribution >= 4 is 53.4 Å². The van der Waals surface area contributed by atoms with Crippen LogP contribution in [0.25, 0.3) is 98.5 Å². The summed E-state index contributed by atoms with van der Waals surface area (Å²) in [4.78, 5) is 15.2. The molecule has 5 heteroatoms. The fourth-order valence-corrected chi connectivity index (χ4v) is 7.78. The van der Waals surface area contributed by atoms with Crippen LogP contribution in [0.4, 0.5) is 0 Å². The van der Waals surface area contributed by atoms with E-state index in [4.69, 9.17) is 26.2 Å². The highest BCUT2D eigenvalue weighted by molar-refractivity contribution is 7.25. The third kappa shape index (κ3) is 4.79. The molecular weight excluding hydrogens is 631 g/mol. The number of benzene rings is 7. The summed E-state index contributed by atoms with van der Waals surface area (Å²) in [5.74, 6) is 1.49. The first-order valence-corrected chi connectivity index (χ1v) is 17.0. The van der Waals surface area contributed by atoms with Gasteiger partial charge in [0.15, 0.2) is 17.5 Å². The molecular formula is C45H27N3OS. The largest absolute Gasteiger partial charge is 0.455 e. The molecule has 0 amide bonds. The zero-order valence-corrected chi connectivity index (χ0v) is 27.2. The molecule has 0 aliphatic carbocycles. The van der Waals surface area contributed by atoms with E-state index >= 15 is 0 Å². The van der Waals surface area contributed by atoms with E-state index in [0.29, 0.717) is 45.2 Å². The Morgan fingerprint density at radius 1 is 0.460 bits per heavy atom. The molecule has 0 fully saturated rings. The minimum absolute atomic E-state index is 0.0690. The van der Waals surface area contributed by atoms with Crippen LogP contribution in [0.2, 0.25) is 0 Å². The fourth-order valence-electron chi connectivity index (χ4n) is 6.69. The summed E-state index contributed by atoms with van der Waals surface area (Å²) in [7, 11) is 0. The summed E-state index contributed by atoms with van der Waals surface area (Å²) in [6.07, 6.45) is 0. The predicted molar refractivity (Wildman–Crippen MR) is 207 cm³/mol. The maximum absolute atomic E-state index is 8.89. The summed E-state index contributed by atoms with van der Waals surface area (Å²) < 4.78 is 52.0. The first-order chi connectivity index (χ1) is 26.8. The van der Waals surface area contributed by atoms with E-state index in [1.807, 2.05) is 91.0 Å². The standard InChI is InChI=1S/C45H27N3OS/c1-4-13-28(14-5-1)32-26-35(29-15-6-2-7-16-29)42-37(27-32)41-34(20-12-21-38(41)49-42)45-47-43(30-17-8-3-9-18-30)46-44(48-45)31-23-24-40-36(25-31)33-19-10-11-22-39(33)50-40/h1-27H/i2D,6D,7D,15D,16D. The lowest BCUT2D eigenvalue weighted by atomic mass is 9.95. The SMILES string of the molecule is [2H]c1c([2H])c([2H])c(-c2cc(-c3ccccc3)cc3c2oc2cccc(-c4nc(-c5ccccc5)nc(-c5ccc6sc7ccccc7c6c5)n4)c23)c([2H])c1[2H]. The van der Waals surface area contributed by atoms with Crippen molar-refractivity contribution in [3.8, 4) is 56.4 Å². The fraction of sp³-hybridized carbons (Fsp3) is 0. The van der Waals surface area contributed by atoms with Gasteiger partial charge in [-0.25, -0.2) is 15.0 Å². The molecule has 10 aromatic rings. The van der Waals surface area contributed by atoms with Gasteiger partial charge >= 0.3 is 0 Å². The molecule has 4 nitrogen and oxygen atoms in total. The van der Waals surface area contributed by atoms with Gasteiger partial charge in [-0.15, -0.1) is 11.3 Å². The number of aromatic nitrogens is 3. The smallest absolute Gasteiger partial charge is 0.164 e. The van der Waals surface area contributed by atoms with Crippen LogP contribution < -0.4 is 0 Å². The highest BCUT2D eigenvalue weighted by Gasteiger charge is 2.21. The van der Waals surface area contributed by atoms with Gasteiger partial charge in [-0.2, -0.15) is 0 Å². The monoisotopic (exact) mass is 662 g/mol. The Morgan fingerprint density at radius 2 is 1.14 bits per heavy atom. The molecule has 7 aromatic carbocycles. The van der Waals surface area contributed by atoms with Crippen LogP contribution in [0.3, 0.4) is 0 Å². The maximum atomic E-state index is 8.89. The predicted octanol–water partition coefficient (Wildman–Crippen LogP) is 12.5. The summed E-state index contributed by atoms with van der Waals surface area (Å²) in [6.45, 7) is 0. The quantitative estimate of drug-likeness (QED) is 0.184. The van der Waals surface area contributed by atoms with Crippen molar-refractivity contribution in [2.45, 2.75) is 0 Å². The lowest BCUT2D eigenvalue weighted by molar-refractivity contribution is 0.670. The van der Waals surface area contributed by atoms with Gasteiger partial charge in [0, 0.05) is 53.2 Å². The number of hydrogen-bond acceptors (Lipinski definition) is 5. The molecule has 0 N–H and O–H groups in total. The molecule has 0 atom stereocenters. The third-order valence-corrected chi connectivity index (χ3v) is 10.2. The highest BCUT2D eigenvalue weighted by atomic mass is 32.1. The van der Waals surface area contributed by atoms with E-state index in [0.717, 1.165) is 33.0 Å². The number of thiophene rings is 1. The Bertz CT molecular complexity index is 3130. The van der Waals surface area contributed by atoms with E-state index < -0.39 is 18.1 Å². The van der Waals surface area contributed by atoms with Gasteiger partial charge in [0.1, 0.15) is 11.2 Å². The number of hydrogen-bond donors (Lipinski definition) is 0. The zero-order valence-electron chi connectivity index (χ0n) is 31.4. The van der Waals surface area contributed by atoms with E-state index in [1.165, 1.54) is 14.8 Å². The van der Waals surface area contributed by atoms with E-state index in [1.54, 1.807) is 11.3 Å². The second-order valence-corrected chi connectivity index (χ2v) is 13.1. The lowest BCUT2D eigenvalue weighted by Crippen LogP contribution is -2.00. The molecule has 3 aromatic heterocycles. The Balaban J connectivity index is 1.26. The van der Waals surface area contributed by atoms with Crippen molar-refractivity contribution < 1.29 is 11.3 Å². The van der Waals surface area contributed by atoms with Gasteiger partial charge in [0.25, 0.3) is 0 Å². The van der Waals surface area contributed by atoms with Crippen LogP contribution in [0.1, 0.15) is 6.85 Å². The zero-order chi connectivity index (χ0) is 37.4. The van der Waals surface area contributed by atoms with Crippen LogP contribution in [0.15, 0.2) is 168 Å². The van der Waals surface area contributed by atoms with Crippen LogP contribution in [-0.4, -0.2) is 15.0 Å². The van der Waals surface area contributed by atoms with Crippen molar-refractivity contribution in [2.75, 3.05) is 0 Å². The Labute approximate surface area is 299 Å². The molecule has 50 heavy (non-hydrogen) atoms. The molecule has 0 saturated heterocycles. The molecule has 0 aliphatic rings. The number of rotatable bonds is 5.